The summed E-state index contributed by atoms with van der Waals surface area (Å²) in [6.45, 7) is 13.2. The highest BCUT2D eigenvalue weighted by atomic mass is 16.5. The van der Waals surface area contributed by atoms with Crippen LogP contribution >= 0.6 is 0 Å². The molecule has 0 bridgehead atoms. The quantitative estimate of drug-likeness (QED) is 0.493. The minimum atomic E-state index is -0.941. The van der Waals surface area contributed by atoms with Gasteiger partial charge in [0.2, 0.25) is 0 Å². The molecule has 1 N–H and O–H groups in total. The van der Waals surface area contributed by atoms with Gasteiger partial charge in [0.15, 0.2) is 0 Å². The van der Waals surface area contributed by atoms with E-state index < -0.39 is 28.2 Å². The highest BCUT2D eigenvalue weighted by Crippen LogP contribution is 2.75. The first kappa shape index (κ1) is 17.6. The number of carbonyl (C=O) groups is 2. The lowest BCUT2D eigenvalue weighted by atomic mass is 9.72. The molecule has 0 saturated heterocycles. The maximum atomic E-state index is 11.8. The molecule has 1 aliphatic carbocycles. The monoisotopic (exact) mass is 294 g/mol. The minimum Gasteiger partial charge on any atom is -0.481 e. The van der Waals surface area contributed by atoms with Gasteiger partial charge in [0.25, 0.3) is 0 Å². The Balaban J connectivity index is 3.01. The normalized spacial score (nSPS) is 28.0. The highest BCUT2D eigenvalue weighted by Gasteiger charge is 2.80. The third kappa shape index (κ3) is 2.66. The maximum Gasteiger partial charge on any atom is 0.384 e. The van der Waals surface area contributed by atoms with Crippen molar-refractivity contribution >= 4 is 11.9 Å². The second-order valence-corrected chi connectivity index (χ2v) is 7.41. The van der Waals surface area contributed by atoms with Crippen molar-refractivity contribution in [1.82, 2.24) is 0 Å². The van der Waals surface area contributed by atoms with Crippen molar-refractivity contribution in [3.63, 3.8) is 0 Å². The fraction of sp³-hybridized carbons (Fsp3) is 0.765. The summed E-state index contributed by atoms with van der Waals surface area (Å²) in [5.74, 6) is 3.53. The van der Waals surface area contributed by atoms with E-state index >= 15 is 0 Å². The van der Waals surface area contributed by atoms with Crippen LogP contribution in [-0.4, -0.2) is 23.1 Å². The molecule has 4 nitrogen and oxygen atoms in total. The summed E-state index contributed by atoms with van der Waals surface area (Å²) in [6.07, 6.45) is 0.550. The Labute approximate surface area is 127 Å². The molecule has 4 heteroatoms. The Kier molecular flexibility index (Phi) is 4.48. The number of ether oxygens (including phenoxy) is 1. The van der Waals surface area contributed by atoms with Gasteiger partial charge in [0.1, 0.15) is 0 Å². The summed E-state index contributed by atoms with van der Waals surface area (Å²) in [5.41, 5.74) is -1.85. The zero-order valence-corrected chi connectivity index (χ0v) is 14.0. The lowest BCUT2D eigenvalue weighted by Gasteiger charge is -2.30. The van der Waals surface area contributed by atoms with Crippen LogP contribution < -0.4 is 0 Å². The average molecular weight is 294 g/mol. The van der Waals surface area contributed by atoms with E-state index in [0.717, 1.165) is 6.42 Å². The van der Waals surface area contributed by atoms with Crippen LogP contribution in [0.3, 0.4) is 0 Å². The smallest absolute Gasteiger partial charge is 0.384 e. The van der Waals surface area contributed by atoms with Crippen LogP contribution in [0.4, 0.5) is 0 Å². The summed E-state index contributed by atoms with van der Waals surface area (Å²) in [4.78, 5) is 23.5. The van der Waals surface area contributed by atoms with Crippen molar-refractivity contribution in [3.8, 4) is 11.8 Å². The van der Waals surface area contributed by atoms with Crippen LogP contribution in [0.25, 0.3) is 0 Å². The average Bonchev–Trinajstić information content (AvgIpc) is 2.83. The number of carbonyl (C=O) groups excluding carboxylic acids is 1. The molecule has 1 saturated carbocycles. The molecule has 1 fully saturated rings. The number of carboxylic acid groups (broad SMARTS) is 1. The molecule has 0 aliphatic heterocycles. The second-order valence-electron chi connectivity index (χ2n) is 7.41. The number of aliphatic carboxylic acids is 1. The summed E-state index contributed by atoms with van der Waals surface area (Å²) >= 11 is 0. The van der Waals surface area contributed by atoms with Gasteiger partial charge in [-0.05, 0) is 24.2 Å². The van der Waals surface area contributed by atoms with Crippen molar-refractivity contribution in [2.45, 2.75) is 61.0 Å². The fourth-order valence-corrected chi connectivity index (χ4v) is 3.60. The molecule has 0 heterocycles. The Morgan fingerprint density at radius 2 is 1.86 bits per heavy atom. The zero-order valence-electron chi connectivity index (χ0n) is 14.0. The molecule has 0 radical (unpaired) electrons. The summed E-state index contributed by atoms with van der Waals surface area (Å²) in [7, 11) is 0. The molecule has 0 aromatic rings. The molecule has 3 atom stereocenters. The Morgan fingerprint density at radius 3 is 2.19 bits per heavy atom. The second kappa shape index (κ2) is 5.36. The number of hydrogen-bond acceptors (Lipinski definition) is 3. The van der Waals surface area contributed by atoms with Gasteiger partial charge in [0.05, 0.1) is 11.5 Å². The first-order valence-electron chi connectivity index (χ1n) is 7.38. The van der Waals surface area contributed by atoms with E-state index in [2.05, 4.69) is 11.8 Å². The van der Waals surface area contributed by atoms with Gasteiger partial charge in [-0.1, -0.05) is 47.5 Å². The van der Waals surface area contributed by atoms with E-state index in [1.54, 1.807) is 6.92 Å². The molecule has 1 rings (SSSR count). The van der Waals surface area contributed by atoms with Gasteiger partial charge in [-0.25, -0.2) is 4.79 Å². The maximum absolute atomic E-state index is 11.8. The molecule has 1 unspecified atom stereocenters. The first-order chi connectivity index (χ1) is 9.42. The van der Waals surface area contributed by atoms with Gasteiger partial charge < -0.3 is 9.84 Å². The third-order valence-corrected chi connectivity index (χ3v) is 4.81. The van der Waals surface area contributed by atoms with Crippen LogP contribution in [0.2, 0.25) is 0 Å². The highest BCUT2D eigenvalue weighted by molar-refractivity contribution is 5.90. The summed E-state index contributed by atoms with van der Waals surface area (Å²) in [6, 6.07) is 0. The first-order valence-corrected chi connectivity index (χ1v) is 7.38. The fourth-order valence-electron chi connectivity index (χ4n) is 3.60. The van der Waals surface area contributed by atoms with Crippen LogP contribution in [-0.2, 0) is 14.3 Å². The third-order valence-electron chi connectivity index (χ3n) is 4.81. The predicted octanol–water partition coefficient (Wildman–Crippen LogP) is 3.10. The van der Waals surface area contributed by atoms with Crippen LogP contribution in [0.1, 0.15) is 54.9 Å². The van der Waals surface area contributed by atoms with E-state index in [1.165, 1.54) is 0 Å². The number of carboxylic acids is 1. The van der Waals surface area contributed by atoms with Gasteiger partial charge in [-0.3, -0.25) is 4.79 Å². The molecular weight excluding hydrogens is 268 g/mol. The van der Waals surface area contributed by atoms with E-state index in [1.807, 2.05) is 41.5 Å². The van der Waals surface area contributed by atoms with Gasteiger partial charge >= 0.3 is 11.9 Å². The van der Waals surface area contributed by atoms with E-state index in [0.29, 0.717) is 0 Å². The predicted molar refractivity (Wildman–Crippen MR) is 80.4 cm³/mol. The van der Waals surface area contributed by atoms with E-state index in [9.17, 15) is 14.7 Å². The Morgan fingerprint density at radius 1 is 1.33 bits per heavy atom. The van der Waals surface area contributed by atoms with Crippen LogP contribution in [0.15, 0.2) is 0 Å². The number of esters is 1. The van der Waals surface area contributed by atoms with Crippen LogP contribution in [0, 0.1) is 34.0 Å². The Hall–Kier alpha value is -1.50. The van der Waals surface area contributed by atoms with Crippen molar-refractivity contribution in [2.24, 2.45) is 22.2 Å². The summed E-state index contributed by atoms with van der Waals surface area (Å²) < 4.78 is 5.10. The van der Waals surface area contributed by atoms with Crippen LogP contribution in [0.5, 0.6) is 0 Å². The minimum absolute atomic E-state index is 0.175. The molecule has 0 amide bonds. The van der Waals surface area contributed by atoms with Gasteiger partial charge in [-0.2, -0.15) is 0 Å². The molecule has 21 heavy (non-hydrogen) atoms. The van der Waals surface area contributed by atoms with Gasteiger partial charge in [-0.15, -0.1) is 0 Å². The molecule has 1 aliphatic rings. The number of rotatable bonds is 3. The van der Waals surface area contributed by atoms with E-state index in [-0.39, 0.29) is 12.0 Å². The Bertz CT molecular complexity index is 501. The molecular formula is C17H26O4. The lowest BCUT2D eigenvalue weighted by Crippen LogP contribution is -2.35. The SMILES string of the molecule is CCC(C)OC(=O)C#C[C@H]1C(C)(C)[C@]1(C(=O)O)C(C)(C)C. The largest absolute Gasteiger partial charge is 0.481 e. The van der Waals surface area contributed by atoms with Crippen molar-refractivity contribution < 1.29 is 19.4 Å². The lowest BCUT2D eigenvalue weighted by molar-refractivity contribution is -0.150. The van der Waals surface area contributed by atoms with Crippen molar-refractivity contribution in [1.29, 1.82) is 0 Å². The standard InChI is InChI=1S/C17H26O4/c1-8-11(2)21-13(18)10-9-12-16(6,7)17(12,14(19)20)15(3,4)5/h11-12H,8H2,1-7H3,(H,19,20)/t11?,12-,17+/m0/s1. The molecule has 0 aromatic carbocycles. The number of hydrogen-bond donors (Lipinski definition) is 1. The molecule has 0 spiro atoms. The summed E-state index contributed by atoms with van der Waals surface area (Å²) in [5, 5.41) is 9.71. The van der Waals surface area contributed by atoms with Crippen molar-refractivity contribution in [2.75, 3.05) is 0 Å². The molecule has 118 valence electrons. The topological polar surface area (TPSA) is 63.6 Å². The van der Waals surface area contributed by atoms with Crippen molar-refractivity contribution in [3.05, 3.63) is 0 Å². The molecule has 0 aromatic heterocycles. The zero-order chi connectivity index (χ0) is 16.6. The van der Waals surface area contributed by atoms with Gasteiger partial charge in [0, 0.05) is 11.8 Å². The van der Waals surface area contributed by atoms with E-state index in [4.69, 9.17) is 4.74 Å².